The van der Waals surface area contributed by atoms with Crippen LogP contribution < -0.4 is 14.2 Å². The van der Waals surface area contributed by atoms with Crippen LogP contribution in [0.1, 0.15) is 6.92 Å². The van der Waals surface area contributed by atoms with E-state index >= 15 is 0 Å². The number of benzene rings is 1. The molecule has 22 heavy (non-hydrogen) atoms. The lowest BCUT2D eigenvalue weighted by Gasteiger charge is -2.12. The molecule has 2 aromatic rings. The summed E-state index contributed by atoms with van der Waals surface area (Å²) in [5, 5.41) is 16.8. The molecule has 0 saturated carbocycles. The summed E-state index contributed by atoms with van der Waals surface area (Å²) in [5.74, 6) is 1.79. The maximum Gasteiger partial charge on any atom is 0.278 e. The minimum atomic E-state index is -0.270. The van der Waals surface area contributed by atoms with Gasteiger partial charge in [-0.2, -0.15) is 5.26 Å². The van der Waals surface area contributed by atoms with Crippen molar-refractivity contribution < 1.29 is 18.6 Å². The van der Waals surface area contributed by atoms with Gasteiger partial charge in [-0.3, -0.25) is 0 Å². The first-order valence-corrected chi connectivity index (χ1v) is 7.21. The van der Waals surface area contributed by atoms with Gasteiger partial charge < -0.3 is 18.6 Å². The van der Waals surface area contributed by atoms with E-state index in [2.05, 4.69) is 16.3 Å². The van der Waals surface area contributed by atoms with Gasteiger partial charge in [0.05, 0.1) is 32.6 Å². The quantitative estimate of drug-likeness (QED) is 0.750. The smallest absolute Gasteiger partial charge is 0.278 e. The predicted molar refractivity (Wildman–Crippen MR) is 80.3 cm³/mol. The van der Waals surface area contributed by atoms with Gasteiger partial charge in [0, 0.05) is 5.56 Å². The summed E-state index contributed by atoms with van der Waals surface area (Å²) in [4.78, 5) is 0. The van der Waals surface area contributed by atoms with Crippen LogP contribution in [0.3, 0.4) is 0 Å². The zero-order chi connectivity index (χ0) is 16.1. The molecule has 0 N–H and O–H groups in total. The van der Waals surface area contributed by atoms with Crippen molar-refractivity contribution in [3.05, 3.63) is 12.1 Å². The molecule has 1 aromatic carbocycles. The van der Waals surface area contributed by atoms with E-state index in [4.69, 9.17) is 23.9 Å². The first kappa shape index (κ1) is 16.0. The molecule has 7 nitrogen and oxygen atoms in total. The van der Waals surface area contributed by atoms with Gasteiger partial charge in [0.15, 0.2) is 11.5 Å². The highest BCUT2D eigenvalue weighted by Gasteiger charge is 2.18. The third-order valence-corrected chi connectivity index (χ3v) is 3.60. The van der Waals surface area contributed by atoms with Crippen LogP contribution in [0.25, 0.3) is 11.5 Å². The van der Waals surface area contributed by atoms with Gasteiger partial charge >= 0.3 is 0 Å². The third-order valence-electron chi connectivity index (χ3n) is 2.78. The van der Waals surface area contributed by atoms with Crippen molar-refractivity contribution >= 4 is 11.8 Å². The van der Waals surface area contributed by atoms with Crippen LogP contribution in [0.15, 0.2) is 21.8 Å². The van der Waals surface area contributed by atoms with E-state index in [1.165, 1.54) is 33.1 Å². The van der Waals surface area contributed by atoms with E-state index in [9.17, 15) is 0 Å². The summed E-state index contributed by atoms with van der Waals surface area (Å²) in [5.41, 5.74) is 0.637. The summed E-state index contributed by atoms with van der Waals surface area (Å²) in [6.45, 7) is 1.76. The van der Waals surface area contributed by atoms with Crippen LogP contribution >= 0.6 is 11.8 Å². The molecule has 0 radical (unpaired) electrons. The van der Waals surface area contributed by atoms with E-state index < -0.39 is 0 Å². The summed E-state index contributed by atoms with van der Waals surface area (Å²) < 4.78 is 21.4. The molecule has 0 amide bonds. The molecule has 0 aliphatic carbocycles. The minimum absolute atomic E-state index is 0.270. The van der Waals surface area contributed by atoms with E-state index in [1.54, 1.807) is 19.1 Å². The molecule has 1 atom stereocenters. The lowest BCUT2D eigenvalue weighted by Crippen LogP contribution is -1.95. The highest BCUT2D eigenvalue weighted by atomic mass is 32.2. The molecule has 8 heteroatoms. The van der Waals surface area contributed by atoms with Crippen molar-refractivity contribution in [1.82, 2.24) is 10.2 Å². The van der Waals surface area contributed by atoms with E-state index in [0.29, 0.717) is 33.9 Å². The maximum atomic E-state index is 8.81. The summed E-state index contributed by atoms with van der Waals surface area (Å²) in [7, 11) is 4.60. The molecular weight excluding hydrogens is 306 g/mol. The van der Waals surface area contributed by atoms with Crippen molar-refractivity contribution in [2.45, 2.75) is 17.4 Å². The Kier molecular flexibility index (Phi) is 5.12. The van der Waals surface area contributed by atoms with Crippen molar-refractivity contribution in [3.8, 4) is 34.8 Å². The monoisotopic (exact) mass is 321 g/mol. The Morgan fingerprint density at radius 1 is 1.14 bits per heavy atom. The number of nitriles is 1. The number of nitrogens with zero attached hydrogens (tertiary/aromatic N) is 3. The zero-order valence-corrected chi connectivity index (χ0v) is 13.4. The molecular formula is C14H15N3O4S. The predicted octanol–water partition coefficient (Wildman–Crippen LogP) is 2.77. The van der Waals surface area contributed by atoms with Crippen molar-refractivity contribution in [1.29, 1.82) is 5.26 Å². The van der Waals surface area contributed by atoms with Gasteiger partial charge in [0.25, 0.3) is 5.22 Å². The molecule has 0 aliphatic rings. The summed E-state index contributed by atoms with van der Waals surface area (Å²) >= 11 is 1.20. The van der Waals surface area contributed by atoms with Crippen LogP contribution in [-0.4, -0.2) is 36.8 Å². The number of methoxy groups -OCH3 is 3. The van der Waals surface area contributed by atoms with Gasteiger partial charge in [-0.15, -0.1) is 10.2 Å². The number of ether oxygens (including phenoxy) is 3. The lowest BCUT2D eigenvalue weighted by atomic mass is 10.2. The molecule has 0 spiro atoms. The normalized spacial score (nSPS) is 11.6. The first-order valence-electron chi connectivity index (χ1n) is 6.33. The zero-order valence-electron chi connectivity index (χ0n) is 12.6. The summed E-state index contributed by atoms with van der Waals surface area (Å²) in [6.07, 6.45) is 0. The van der Waals surface area contributed by atoms with Crippen molar-refractivity contribution in [2.24, 2.45) is 0 Å². The van der Waals surface area contributed by atoms with Gasteiger partial charge in [0.2, 0.25) is 11.6 Å². The van der Waals surface area contributed by atoms with Gasteiger partial charge in [-0.05, 0) is 30.8 Å². The second kappa shape index (κ2) is 7.04. The van der Waals surface area contributed by atoms with E-state index in [0.717, 1.165) is 0 Å². The van der Waals surface area contributed by atoms with Crippen LogP contribution in [-0.2, 0) is 0 Å². The molecule has 1 aromatic heterocycles. The molecule has 2 rings (SSSR count). The van der Waals surface area contributed by atoms with Crippen LogP contribution in [0.2, 0.25) is 0 Å². The standard InChI is InChI=1S/C14H15N3O4S/c1-8(7-15)22-14-17-16-13(21-14)9-5-10(18-2)12(20-4)11(6-9)19-3/h5-6,8H,1-4H3. The Balaban J connectivity index is 2.39. The van der Waals surface area contributed by atoms with Crippen LogP contribution in [0.4, 0.5) is 0 Å². The molecule has 0 saturated heterocycles. The largest absolute Gasteiger partial charge is 0.493 e. The number of aromatic nitrogens is 2. The Bertz CT molecular complexity index is 671. The van der Waals surface area contributed by atoms with Gasteiger partial charge in [0.1, 0.15) is 0 Å². The topological polar surface area (TPSA) is 90.4 Å². The lowest BCUT2D eigenvalue weighted by molar-refractivity contribution is 0.324. The fraction of sp³-hybridized carbons (Fsp3) is 0.357. The highest BCUT2D eigenvalue weighted by molar-refractivity contribution is 7.99. The molecule has 1 unspecified atom stereocenters. The van der Waals surface area contributed by atoms with E-state index in [-0.39, 0.29) is 5.25 Å². The summed E-state index contributed by atoms with van der Waals surface area (Å²) in [6, 6.07) is 5.53. The Hall–Kier alpha value is -2.40. The fourth-order valence-corrected chi connectivity index (χ4v) is 2.33. The number of hydrogen-bond donors (Lipinski definition) is 0. The Labute approximate surface area is 132 Å². The van der Waals surface area contributed by atoms with E-state index in [1.807, 2.05) is 0 Å². The van der Waals surface area contributed by atoms with Crippen LogP contribution in [0.5, 0.6) is 17.2 Å². The molecule has 0 fully saturated rings. The maximum absolute atomic E-state index is 8.81. The average Bonchev–Trinajstić information content (AvgIpc) is 3.01. The Morgan fingerprint density at radius 2 is 1.77 bits per heavy atom. The average molecular weight is 321 g/mol. The Morgan fingerprint density at radius 3 is 2.27 bits per heavy atom. The van der Waals surface area contributed by atoms with Crippen molar-refractivity contribution in [3.63, 3.8) is 0 Å². The number of thioether (sulfide) groups is 1. The number of hydrogen-bond acceptors (Lipinski definition) is 8. The molecule has 116 valence electrons. The molecule has 1 heterocycles. The second-order valence-corrected chi connectivity index (χ2v) is 5.47. The number of rotatable bonds is 6. The van der Waals surface area contributed by atoms with Crippen molar-refractivity contribution in [2.75, 3.05) is 21.3 Å². The first-order chi connectivity index (χ1) is 10.6. The van der Waals surface area contributed by atoms with Gasteiger partial charge in [-0.25, -0.2) is 0 Å². The van der Waals surface area contributed by atoms with Gasteiger partial charge in [-0.1, -0.05) is 0 Å². The highest BCUT2D eigenvalue weighted by Crippen LogP contribution is 2.41. The SMILES string of the molecule is COc1cc(-c2nnc(SC(C)C#N)o2)cc(OC)c1OC. The molecule has 0 bridgehead atoms. The second-order valence-electron chi connectivity index (χ2n) is 4.18. The molecule has 0 aliphatic heterocycles. The minimum Gasteiger partial charge on any atom is -0.493 e. The fourth-order valence-electron chi connectivity index (χ4n) is 1.76. The van der Waals surface area contributed by atoms with Crippen LogP contribution in [0, 0.1) is 11.3 Å². The third kappa shape index (κ3) is 3.26.